The lowest BCUT2D eigenvalue weighted by molar-refractivity contribution is -0.138. The van der Waals surface area contributed by atoms with E-state index >= 15 is 0 Å². The van der Waals surface area contributed by atoms with Crippen molar-refractivity contribution >= 4 is 70.9 Å². The van der Waals surface area contributed by atoms with E-state index < -0.39 is 147 Å². The monoisotopic (exact) mass is 1020 g/mol. The molecule has 4 aromatic rings. The van der Waals surface area contributed by atoms with Crippen LogP contribution in [-0.4, -0.2) is 192 Å². The van der Waals surface area contributed by atoms with E-state index in [0.29, 0.717) is 22.8 Å². The molecule has 392 valence electrons. The van der Waals surface area contributed by atoms with Crippen LogP contribution in [0.5, 0.6) is 0 Å². The van der Waals surface area contributed by atoms with Crippen LogP contribution in [0, 0.1) is 0 Å². The SMILES string of the molecule is N[C@@H](Cc1cnc[nH]1)C(=O)NCC(=O)NCC(=O)NCC(=O)N[C@@H](Cc1cnc[nH]1)C(=O)NCC(=O)N[C@@H](Cc1cnc[nH]1)C(=O)NCC(=O)NCC(=O)NCC(=O)N[C@@H](Cc1cnc[nH]1)C(=O)NCC(=O)O. The van der Waals surface area contributed by atoms with Gasteiger partial charge >= 0.3 is 5.97 Å². The summed E-state index contributed by atoms with van der Waals surface area (Å²) in [5, 5.41) is 34.4. The van der Waals surface area contributed by atoms with E-state index in [9.17, 15) is 57.5 Å². The number of carbonyl (C=O) groups is 12. The summed E-state index contributed by atoms with van der Waals surface area (Å²) in [6, 6.07) is -4.86. The zero-order valence-corrected chi connectivity index (χ0v) is 38.6. The predicted molar refractivity (Wildman–Crippen MR) is 245 cm³/mol. The van der Waals surface area contributed by atoms with E-state index in [1.807, 2.05) is 0 Å². The Labute approximate surface area is 412 Å². The van der Waals surface area contributed by atoms with E-state index in [-0.39, 0.29) is 25.7 Å². The van der Waals surface area contributed by atoms with Crippen LogP contribution >= 0.6 is 0 Å². The molecule has 0 spiro atoms. The molecular formula is C40H54N20O13. The van der Waals surface area contributed by atoms with Crippen molar-refractivity contribution in [2.24, 2.45) is 5.73 Å². The molecule has 0 aliphatic heterocycles. The largest absolute Gasteiger partial charge is 0.480 e. The molecule has 0 aliphatic carbocycles. The molecule has 4 rings (SSSR count). The van der Waals surface area contributed by atoms with Crippen molar-refractivity contribution in [1.82, 2.24) is 98.4 Å². The van der Waals surface area contributed by atoms with Gasteiger partial charge in [0.05, 0.1) is 77.2 Å². The van der Waals surface area contributed by atoms with Crippen LogP contribution in [0.25, 0.3) is 0 Å². The highest BCUT2D eigenvalue weighted by Gasteiger charge is 2.27. The second-order valence-electron chi connectivity index (χ2n) is 15.5. The highest BCUT2D eigenvalue weighted by molar-refractivity contribution is 5.96. The number of aromatic nitrogens is 8. The molecule has 11 amide bonds. The number of carboxylic acid groups (broad SMARTS) is 1. The molecule has 0 unspecified atom stereocenters. The second kappa shape index (κ2) is 29.5. The van der Waals surface area contributed by atoms with Gasteiger partial charge in [-0.15, -0.1) is 0 Å². The van der Waals surface area contributed by atoms with Gasteiger partial charge in [0.1, 0.15) is 24.7 Å². The van der Waals surface area contributed by atoms with Gasteiger partial charge in [0.15, 0.2) is 0 Å². The van der Waals surface area contributed by atoms with Gasteiger partial charge in [0.2, 0.25) is 65.0 Å². The number of nitrogens with one attached hydrogen (secondary N) is 15. The van der Waals surface area contributed by atoms with Crippen LogP contribution in [0.1, 0.15) is 22.8 Å². The van der Waals surface area contributed by atoms with E-state index in [4.69, 9.17) is 10.8 Å². The maximum Gasteiger partial charge on any atom is 0.322 e. The van der Waals surface area contributed by atoms with Crippen LogP contribution in [0.3, 0.4) is 0 Å². The van der Waals surface area contributed by atoms with Crippen LogP contribution in [0.2, 0.25) is 0 Å². The number of amides is 11. The number of hydrogen-bond acceptors (Lipinski definition) is 17. The van der Waals surface area contributed by atoms with Gasteiger partial charge < -0.3 is 89.3 Å². The van der Waals surface area contributed by atoms with Crippen molar-refractivity contribution in [3.63, 3.8) is 0 Å². The second-order valence-corrected chi connectivity index (χ2v) is 15.5. The molecule has 73 heavy (non-hydrogen) atoms. The summed E-state index contributed by atoms with van der Waals surface area (Å²) in [5.41, 5.74) is 7.69. The number of aliphatic carboxylic acids is 1. The van der Waals surface area contributed by atoms with E-state index in [2.05, 4.69) is 98.4 Å². The Morgan fingerprint density at radius 3 is 0.945 bits per heavy atom. The molecule has 18 N–H and O–H groups in total. The van der Waals surface area contributed by atoms with Gasteiger partial charge in [-0.3, -0.25) is 57.5 Å². The first kappa shape index (κ1) is 56.0. The Bertz CT molecular complexity index is 2500. The summed E-state index contributed by atoms with van der Waals surface area (Å²) in [7, 11) is 0. The molecular weight excluding hydrogens is 969 g/mol. The smallest absolute Gasteiger partial charge is 0.322 e. The molecule has 0 aliphatic rings. The summed E-state index contributed by atoms with van der Waals surface area (Å²) in [6.45, 7) is -5.03. The Kier molecular flexibility index (Phi) is 22.6. The van der Waals surface area contributed by atoms with Gasteiger partial charge in [-0.1, -0.05) is 0 Å². The third-order valence-corrected chi connectivity index (χ3v) is 9.69. The number of H-pyrrole nitrogens is 4. The average molecular weight is 1020 g/mol. The molecule has 0 saturated heterocycles. The van der Waals surface area contributed by atoms with Crippen LogP contribution in [0.4, 0.5) is 0 Å². The number of hydrogen-bond donors (Lipinski definition) is 17. The highest BCUT2D eigenvalue weighted by atomic mass is 16.4. The summed E-state index contributed by atoms with van der Waals surface area (Å²) >= 11 is 0. The Morgan fingerprint density at radius 1 is 0.384 bits per heavy atom. The van der Waals surface area contributed by atoms with Gasteiger partial charge in [-0.2, -0.15) is 0 Å². The first-order valence-electron chi connectivity index (χ1n) is 21.9. The first-order valence-corrected chi connectivity index (χ1v) is 21.9. The number of aromatic amines is 4. The number of carbonyl (C=O) groups excluding carboxylic acids is 11. The maximum absolute atomic E-state index is 13.3. The number of nitrogens with two attached hydrogens (primary N) is 1. The lowest BCUT2D eigenvalue weighted by atomic mass is 10.1. The van der Waals surface area contributed by atoms with Gasteiger partial charge in [-0.05, 0) is 0 Å². The van der Waals surface area contributed by atoms with Crippen molar-refractivity contribution in [2.45, 2.75) is 49.9 Å². The zero-order valence-electron chi connectivity index (χ0n) is 38.6. The van der Waals surface area contributed by atoms with Crippen molar-refractivity contribution in [2.75, 3.05) is 52.4 Å². The predicted octanol–water partition coefficient (Wildman–Crippen LogP) is -9.35. The molecule has 0 fully saturated rings. The molecule has 4 heterocycles. The normalized spacial score (nSPS) is 12.2. The summed E-state index contributed by atoms with van der Waals surface area (Å²) in [5.74, 6) is -10.2. The van der Waals surface area contributed by atoms with Gasteiger partial charge in [0, 0.05) is 73.2 Å². The van der Waals surface area contributed by atoms with Crippen LogP contribution in [-0.2, 0) is 83.2 Å². The first-order chi connectivity index (χ1) is 34.9. The fourth-order valence-electron chi connectivity index (χ4n) is 6.07. The fourth-order valence-corrected chi connectivity index (χ4v) is 6.07. The molecule has 0 aromatic carbocycles. The molecule has 0 bridgehead atoms. The van der Waals surface area contributed by atoms with Gasteiger partial charge in [0.25, 0.3) is 0 Å². The van der Waals surface area contributed by atoms with Crippen molar-refractivity contribution < 1.29 is 62.6 Å². The van der Waals surface area contributed by atoms with Crippen LogP contribution in [0.15, 0.2) is 50.1 Å². The van der Waals surface area contributed by atoms with E-state index in [1.165, 1.54) is 50.1 Å². The minimum atomic E-state index is -1.34. The summed E-state index contributed by atoms with van der Waals surface area (Å²) in [4.78, 5) is 177. The molecule has 0 saturated carbocycles. The van der Waals surface area contributed by atoms with E-state index in [1.54, 1.807) is 0 Å². The summed E-state index contributed by atoms with van der Waals surface area (Å²) < 4.78 is 0. The highest BCUT2D eigenvalue weighted by Crippen LogP contribution is 2.02. The molecule has 33 heteroatoms. The molecule has 4 atom stereocenters. The summed E-state index contributed by atoms with van der Waals surface area (Å²) in [6.07, 6.45) is 10.8. The number of imidazole rings is 4. The minimum absolute atomic E-state index is 0.0810. The Balaban J connectivity index is 1.19. The standard InChI is InChI=1S/C40H54N20O13/c41-25(1-21-5-42-17-54-21)37(70)50-11-31(63)46-9-29(61)48-13-33(65)58-27(3-23-7-44-19-56-23)39(72)52-15-35(67)60-26(2-22-6-43-18-55-22)38(71)51-12-32(64)47-10-30(62)49-14-34(66)59-28(4-24-8-45-20-57-24)40(73)53-16-36(68)69/h5-8,17-20,25-28H,1-4,9-16,41H2,(H,42,54)(H,43,55)(H,44,56)(H,45,57)(H,46,63)(H,47,64)(H,48,61)(H,49,62)(H,50,70)(H,51,71)(H,52,72)(H,53,73)(H,58,65)(H,59,66)(H,60,67)(H,68,69)/t25-,26-,27-,28-/m0/s1. The number of carboxylic acids is 1. The molecule has 4 aromatic heterocycles. The lowest BCUT2D eigenvalue weighted by Crippen LogP contribution is -2.54. The quantitative estimate of drug-likeness (QED) is 0.0223. The van der Waals surface area contributed by atoms with Crippen molar-refractivity contribution in [3.05, 3.63) is 72.9 Å². The minimum Gasteiger partial charge on any atom is -0.480 e. The Hall–Kier alpha value is -9.56. The molecule has 0 radical (unpaired) electrons. The van der Waals surface area contributed by atoms with E-state index in [0.717, 1.165) is 0 Å². The third-order valence-electron chi connectivity index (χ3n) is 9.69. The number of rotatable bonds is 31. The third kappa shape index (κ3) is 21.7. The lowest BCUT2D eigenvalue weighted by Gasteiger charge is -2.20. The Morgan fingerprint density at radius 2 is 0.644 bits per heavy atom. The zero-order chi connectivity index (χ0) is 53.1. The average Bonchev–Trinajstić information content (AvgIpc) is 4.24. The fraction of sp³-hybridized carbons (Fsp3) is 0.400. The maximum atomic E-state index is 13.3. The topological polar surface area (TPSA) is 498 Å². The van der Waals surface area contributed by atoms with Crippen molar-refractivity contribution in [3.8, 4) is 0 Å². The van der Waals surface area contributed by atoms with Crippen molar-refractivity contribution in [1.29, 1.82) is 0 Å². The van der Waals surface area contributed by atoms with Gasteiger partial charge in [-0.25, -0.2) is 19.9 Å². The van der Waals surface area contributed by atoms with Crippen LogP contribution < -0.4 is 64.2 Å². The molecule has 33 nitrogen and oxygen atoms in total. The number of nitrogens with zero attached hydrogens (tertiary/aromatic N) is 4.